The molecular formula is C10H21IN-. The Hall–Kier alpha value is 0.690. The fraction of sp³-hybridized carbons (Fsp3) is 1.00. The summed E-state index contributed by atoms with van der Waals surface area (Å²) in [6.45, 7) is 0. The minimum atomic E-state index is 0.348. The fourth-order valence-electron chi connectivity index (χ4n) is 1.78. The van der Waals surface area contributed by atoms with Crippen molar-refractivity contribution in [2.45, 2.75) is 48.9 Å². The predicted molar refractivity (Wildman–Crippen MR) is 49.8 cm³/mol. The van der Waals surface area contributed by atoms with Crippen molar-refractivity contribution >= 4 is 0 Å². The van der Waals surface area contributed by atoms with E-state index in [9.17, 15) is 0 Å². The van der Waals surface area contributed by atoms with Crippen LogP contribution in [0.25, 0.3) is 0 Å². The zero-order chi connectivity index (χ0) is 8.81. The second kappa shape index (κ2) is 6.19. The van der Waals surface area contributed by atoms with E-state index in [1.54, 1.807) is 0 Å². The molecule has 0 bridgehead atoms. The van der Waals surface area contributed by atoms with Crippen LogP contribution in [0.3, 0.4) is 0 Å². The van der Waals surface area contributed by atoms with Gasteiger partial charge in [0.25, 0.3) is 0 Å². The third-order valence-corrected chi connectivity index (χ3v) is 5.52. The summed E-state index contributed by atoms with van der Waals surface area (Å²) >= 11 is 0.348. The molecule has 0 atom stereocenters. The van der Waals surface area contributed by atoms with Crippen molar-refractivity contribution in [2.24, 2.45) is 0 Å². The van der Waals surface area contributed by atoms with E-state index in [1.165, 1.54) is 44.9 Å². The molecule has 12 heavy (non-hydrogen) atoms. The Morgan fingerprint density at radius 3 is 1.92 bits per heavy atom. The van der Waals surface area contributed by atoms with Crippen molar-refractivity contribution in [3.8, 4) is 0 Å². The van der Waals surface area contributed by atoms with Gasteiger partial charge >= 0.3 is 87.6 Å². The normalized spacial score (nSPS) is 22.6. The Morgan fingerprint density at radius 1 is 0.917 bits per heavy atom. The molecule has 0 radical (unpaired) electrons. The molecule has 0 aromatic heterocycles. The summed E-state index contributed by atoms with van der Waals surface area (Å²) in [4.78, 5) is 0. The van der Waals surface area contributed by atoms with Crippen LogP contribution < -0.4 is 21.5 Å². The number of alkyl halides is 1. The first kappa shape index (κ1) is 10.8. The molecule has 0 N–H and O–H groups in total. The number of hydrogen-bond acceptors (Lipinski definition) is 1. The molecule has 1 rings (SSSR count). The number of rotatable bonds is 2. The zero-order valence-corrected chi connectivity index (χ0v) is 10.5. The van der Waals surface area contributed by atoms with Crippen LogP contribution >= 0.6 is 0 Å². The van der Waals surface area contributed by atoms with Crippen molar-refractivity contribution in [3.63, 3.8) is 0 Å². The first-order valence-electron chi connectivity index (χ1n) is 5.10. The van der Waals surface area contributed by atoms with Gasteiger partial charge in [-0.1, -0.05) is 0 Å². The topological polar surface area (TPSA) is 3.24 Å². The van der Waals surface area contributed by atoms with E-state index in [4.69, 9.17) is 0 Å². The van der Waals surface area contributed by atoms with Crippen LogP contribution in [0.5, 0.6) is 0 Å². The molecule has 0 unspecified atom stereocenters. The summed E-state index contributed by atoms with van der Waals surface area (Å²) in [5.74, 6) is 0. The Labute approximate surface area is 87.5 Å². The monoisotopic (exact) mass is 282 g/mol. The van der Waals surface area contributed by atoms with E-state index in [0.717, 1.165) is 3.92 Å². The first-order chi connectivity index (χ1) is 5.79. The molecule has 0 aliphatic heterocycles. The number of hydrogen-bond donors (Lipinski definition) is 0. The number of nitrogens with zero attached hydrogens (tertiary/aromatic N) is 1. The maximum atomic E-state index is 2.45. The molecule has 0 saturated heterocycles. The third-order valence-electron chi connectivity index (χ3n) is 2.37. The summed E-state index contributed by atoms with van der Waals surface area (Å²) in [6, 6.07) is 0. The Balaban J connectivity index is 2.20. The molecule has 0 aromatic carbocycles. The van der Waals surface area contributed by atoms with E-state index in [1.807, 2.05) is 0 Å². The molecule has 1 nitrogen and oxygen atoms in total. The van der Waals surface area contributed by atoms with E-state index in [0.29, 0.717) is 21.5 Å². The van der Waals surface area contributed by atoms with Gasteiger partial charge in [-0.25, -0.2) is 0 Å². The average molecular weight is 282 g/mol. The summed E-state index contributed by atoms with van der Waals surface area (Å²) in [5.41, 5.74) is 0. The van der Waals surface area contributed by atoms with Crippen LogP contribution in [0.1, 0.15) is 44.9 Å². The minimum absolute atomic E-state index is 0.348. The summed E-state index contributed by atoms with van der Waals surface area (Å²) in [6.07, 6.45) is 10.5. The SMILES string of the molecule is CN(C)[I-]C1CCCCCCC1. The van der Waals surface area contributed by atoms with Crippen LogP contribution in [-0.4, -0.2) is 21.1 Å². The number of halogens is 1. The molecule has 1 saturated carbocycles. The molecule has 74 valence electrons. The van der Waals surface area contributed by atoms with Gasteiger partial charge in [-0.2, -0.15) is 0 Å². The Bertz CT molecular complexity index is 106. The van der Waals surface area contributed by atoms with Crippen molar-refractivity contribution < 1.29 is 21.5 Å². The van der Waals surface area contributed by atoms with Crippen molar-refractivity contribution in [1.29, 1.82) is 0 Å². The second-order valence-electron chi connectivity index (χ2n) is 3.83. The average Bonchev–Trinajstić information content (AvgIpc) is 1.93. The molecule has 1 fully saturated rings. The first-order valence-corrected chi connectivity index (χ1v) is 7.31. The summed E-state index contributed by atoms with van der Waals surface area (Å²) in [5, 5.41) is 0. The second-order valence-corrected chi connectivity index (χ2v) is 8.07. The van der Waals surface area contributed by atoms with Gasteiger partial charge < -0.3 is 0 Å². The van der Waals surface area contributed by atoms with E-state index in [2.05, 4.69) is 17.2 Å². The van der Waals surface area contributed by atoms with Crippen LogP contribution in [0.2, 0.25) is 0 Å². The molecule has 1 aliphatic carbocycles. The standard InChI is InChI=1S/C10H21IN/c1-12(2)11-10-8-6-4-3-5-7-9-10/h10H,3-9H2,1-2H3/q-1. The molecular weight excluding hydrogens is 261 g/mol. The van der Waals surface area contributed by atoms with Crippen LogP contribution in [0.4, 0.5) is 0 Å². The van der Waals surface area contributed by atoms with Gasteiger partial charge in [-0.3, -0.25) is 0 Å². The third kappa shape index (κ3) is 4.65. The Kier molecular flexibility index (Phi) is 5.56. The molecule has 0 amide bonds. The van der Waals surface area contributed by atoms with Gasteiger partial charge in [0.1, 0.15) is 0 Å². The Morgan fingerprint density at radius 2 is 1.42 bits per heavy atom. The van der Waals surface area contributed by atoms with E-state index in [-0.39, 0.29) is 0 Å². The molecule has 0 heterocycles. The van der Waals surface area contributed by atoms with Gasteiger partial charge in [0.15, 0.2) is 0 Å². The van der Waals surface area contributed by atoms with Crippen molar-refractivity contribution in [3.05, 3.63) is 0 Å². The molecule has 0 spiro atoms. The summed E-state index contributed by atoms with van der Waals surface area (Å²) in [7, 11) is 4.48. The van der Waals surface area contributed by atoms with Gasteiger partial charge in [0.2, 0.25) is 0 Å². The van der Waals surface area contributed by atoms with E-state index < -0.39 is 0 Å². The molecule has 2 heteroatoms. The van der Waals surface area contributed by atoms with E-state index >= 15 is 0 Å². The van der Waals surface area contributed by atoms with Gasteiger partial charge in [0.05, 0.1) is 0 Å². The van der Waals surface area contributed by atoms with Crippen LogP contribution in [0.15, 0.2) is 0 Å². The van der Waals surface area contributed by atoms with Crippen molar-refractivity contribution in [1.82, 2.24) is 3.11 Å². The van der Waals surface area contributed by atoms with Gasteiger partial charge in [0, 0.05) is 0 Å². The molecule has 1 aliphatic rings. The predicted octanol–water partition coefficient (Wildman–Crippen LogP) is -0.335. The fourth-order valence-corrected chi connectivity index (χ4v) is 4.79. The van der Waals surface area contributed by atoms with Gasteiger partial charge in [-0.15, -0.1) is 0 Å². The zero-order valence-electron chi connectivity index (χ0n) is 8.35. The quantitative estimate of drug-likeness (QED) is 0.381. The molecule has 0 aromatic rings. The maximum absolute atomic E-state index is 2.45. The van der Waals surface area contributed by atoms with Crippen molar-refractivity contribution in [2.75, 3.05) is 14.1 Å². The van der Waals surface area contributed by atoms with Crippen LogP contribution in [0, 0.1) is 0 Å². The van der Waals surface area contributed by atoms with Gasteiger partial charge in [-0.05, 0) is 0 Å². The summed E-state index contributed by atoms with van der Waals surface area (Å²) < 4.78 is 3.55. The van der Waals surface area contributed by atoms with Crippen LogP contribution in [-0.2, 0) is 0 Å².